The van der Waals surface area contributed by atoms with Gasteiger partial charge in [0.25, 0.3) is 0 Å². The van der Waals surface area contributed by atoms with Crippen molar-refractivity contribution in [1.82, 2.24) is 4.90 Å². The van der Waals surface area contributed by atoms with Crippen molar-refractivity contribution >= 4 is 0 Å². The molecule has 0 saturated carbocycles. The summed E-state index contributed by atoms with van der Waals surface area (Å²) < 4.78 is 0. The van der Waals surface area contributed by atoms with Crippen LogP contribution in [-0.4, -0.2) is 42.3 Å². The number of rotatable bonds is 39. The van der Waals surface area contributed by atoms with Crippen LogP contribution in [0.1, 0.15) is 232 Å². The lowest BCUT2D eigenvalue weighted by atomic mass is 10.0. The van der Waals surface area contributed by atoms with Gasteiger partial charge in [0.15, 0.2) is 0 Å². The van der Waals surface area contributed by atoms with E-state index < -0.39 is 0 Å². The third-order valence-electron chi connectivity index (χ3n) is 10.1. The van der Waals surface area contributed by atoms with Crippen LogP contribution in [0.2, 0.25) is 0 Å². The molecule has 0 spiro atoms. The van der Waals surface area contributed by atoms with E-state index in [9.17, 15) is 5.11 Å². The van der Waals surface area contributed by atoms with Gasteiger partial charge in [-0.3, -0.25) is 0 Å². The van der Waals surface area contributed by atoms with Crippen molar-refractivity contribution in [3.8, 4) is 0 Å². The molecule has 1 atom stereocenters. The average Bonchev–Trinajstić information content (AvgIpc) is 3.03. The average molecular weight is 623 g/mol. The van der Waals surface area contributed by atoms with Crippen molar-refractivity contribution in [3.05, 3.63) is 0 Å². The molecule has 0 aliphatic heterocycles. The maximum Gasteiger partial charge on any atom is 0.0445 e. The standard InChI is InChI=1S/C41H86N2O/c1-3-5-7-9-11-13-15-17-19-21-23-25-27-29-31-33-38-43(41(35-37-42)36-40-44)39-34-32-30-28-26-24-22-20-18-16-14-12-10-8-6-4-2/h41,44H,3-40,42H2,1-2H3. The summed E-state index contributed by atoms with van der Waals surface area (Å²) in [6.07, 6.45) is 47.5. The summed E-state index contributed by atoms with van der Waals surface area (Å²) in [7, 11) is 0. The second kappa shape index (κ2) is 39.1. The van der Waals surface area contributed by atoms with Gasteiger partial charge in [0.05, 0.1) is 0 Å². The highest BCUT2D eigenvalue weighted by molar-refractivity contribution is 4.73. The maximum atomic E-state index is 9.67. The van der Waals surface area contributed by atoms with Crippen LogP contribution < -0.4 is 5.73 Å². The van der Waals surface area contributed by atoms with Gasteiger partial charge in [-0.15, -0.1) is 0 Å². The molecule has 44 heavy (non-hydrogen) atoms. The molecule has 0 aliphatic rings. The molecule has 3 nitrogen and oxygen atoms in total. The van der Waals surface area contributed by atoms with E-state index in [1.165, 1.54) is 219 Å². The molecule has 0 saturated heterocycles. The number of aliphatic hydroxyl groups is 1. The van der Waals surface area contributed by atoms with Gasteiger partial charge in [-0.2, -0.15) is 0 Å². The summed E-state index contributed by atoms with van der Waals surface area (Å²) in [5.74, 6) is 0. The number of hydrogen-bond acceptors (Lipinski definition) is 3. The van der Waals surface area contributed by atoms with Gasteiger partial charge >= 0.3 is 0 Å². The van der Waals surface area contributed by atoms with Gasteiger partial charge in [0, 0.05) is 12.6 Å². The zero-order valence-electron chi connectivity index (χ0n) is 30.9. The predicted octanol–water partition coefficient (Wildman–Crippen LogP) is 12.9. The fraction of sp³-hybridized carbons (Fsp3) is 1.00. The van der Waals surface area contributed by atoms with Crippen molar-refractivity contribution in [1.29, 1.82) is 0 Å². The maximum absolute atomic E-state index is 9.67. The molecule has 0 aromatic carbocycles. The highest BCUT2D eigenvalue weighted by Gasteiger charge is 2.16. The highest BCUT2D eigenvalue weighted by Crippen LogP contribution is 2.17. The first-order chi connectivity index (χ1) is 21.8. The summed E-state index contributed by atoms with van der Waals surface area (Å²) in [5.41, 5.74) is 5.97. The van der Waals surface area contributed by atoms with Gasteiger partial charge < -0.3 is 15.7 Å². The summed E-state index contributed by atoms with van der Waals surface area (Å²) in [4.78, 5) is 2.69. The minimum Gasteiger partial charge on any atom is -0.396 e. The lowest BCUT2D eigenvalue weighted by molar-refractivity contribution is 0.145. The van der Waals surface area contributed by atoms with E-state index in [1.807, 2.05) is 0 Å². The SMILES string of the molecule is CCCCCCCCCCCCCCCCCCN(CCCCCCCCCCCCCCCCCC)C(CCN)CCO. The van der Waals surface area contributed by atoms with Gasteiger partial charge in [-0.1, -0.05) is 206 Å². The first kappa shape index (κ1) is 43.9. The van der Waals surface area contributed by atoms with Crippen LogP contribution in [0.15, 0.2) is 0 Å². The van der Waals surface area contributed by atoms with Gasteiger partial charge in [0.1, 0.15) is 0 Å². The predicted molar refractivity (Wildman–Crippen MR) is 200 cm³/mol. The van der Waals surface area contributed by atoms with Gasteiger partial charge in [0.2, 0.25) is 0 Å². The van der Waals surface area contributed by atoms with Crippen molar-refractivity contribution in [2.75, 3.05) is 26.2 Å². The lowest BCUT2D eigenvalue weighted by Crippen LogP contribution is -2.39. The Morgan fingerprint density at radius 1 is 0.386 bits per heavy atom. The number of hydrogen-bond donors (Lipinski definition) is 2. The largest absolute Gasteiger partial charge is 0.396 e. The zero-order valence-corrected chi connectivity index (χ0v) is 30.9. The molecule has 0 bridgehead atoms. The Kier molecular flexibility index (Phi) is 39.0. The van der Waals surface area contributed by atoms with E-state index in [1.54, 1.807) is 0 Å². The van der Waals surface area contributed by atoms with E-state index >= 15 is 0 Å². The third kappa shape index (κ3) is 33.2. The Labute approximate surface area is 279 Å². The Bertz CT molecular complexity index is 457. The van der Waals surface area contributed by atoms with Crippen molar-refractivity contribution in [2.24, 2.45) is 5.73 Å². The first-order valence-corrected chi connectivity index (χ1v) is 20.8. The molecular formula is C41H86N2O. The van der Waals surface area contributed by atoms with Crippen molar-refractivity contribution in [2.45, 2.75) is 238 Å². The molecule has 0 amide bonds. The minimum absolute atomic E-state index is 0.291. The molecule has 0 aliphatic carbocycles. The molecule has 0 aromatic heterocycles. The topological polar surface area (TPSA) is 49.5 Å². The van der Waals surface area contributed by atoms with E-state index in [4.69, 9.17) is 5.73 Å². The molecule has 266 valence electrons. The quantitative estimate of drug-likeness (QED) is 0.0670. The zero-order chi connectivity index (χ0) is 32.0. The van der Waals surface area contributed by atoms with Crippen LogP contribution >= 0.6 is 0 Å². The lowest BCUT2D eigenvalue weighted by Gasteiger charge is -2.31. The van der Waals surface area contributed by atoms with E-state index in [-0.39, 0.29) is 0 Å². The Morgan fingerprint density at radius 2 is 0.636 bits per heavy atom. The molecule has 0 fully saturated rings. The van der Waals surface area contributed by atoms with Crippen LogP contribution in [0.3, 0.4) is 0 Å². The number of nitrogens with zero attached hydrogens (tertiary/aromatic N) is 1. The van der Waals surface area contributed by atoms with Crippen LogP contribution in [0, 0.1) is 0 Å². The Balaban J connectivity index is 3.78. The van der Waals surface area contributed by atoms with E-state index in [2.05, 4.69) is 18.7 Å². The normalized spacial score (nSPS) is 12.5. The molecule has 1 unspecified atom stereocenters. The first-order valence-electron chi connectivity index (χ1n) is 20.8. The van der Waals surface area contributed by atoms with Crippen molar-refractivity contribution < 1.29 is 5.11 Å². The van der Waals surface area contributed by atoms with Crippen LogP contribution in [-0.2, 0) is 0 Å². The van der Waals surface area contributed by atoms with Gasteiger partial charge in [-0.25, -0.2) is 0 Å². The fourth-order valence-corrected chi connectivity index (χ4v) is 7.05. The monoisotopic (exact) mass is 623 g/mol. The summed E-state index contributed by atoms with van der Waals surface area (Å²) >= 11 is 0. The molecule has 3 N–H and O–H groups in total. The molecule has 0 aromatic rings. The van der Waals surface area contributed by atoms with Crippen LogP contribution in [0.25, 0.3) is 0 Å². The number of aliphatic hydroxyl groups excluding tert-OH is 1. The molecule has 0 heterocycles. The summed E-state index contributed by atoms with van der Waals surface area (Å²) in [6.45, 7) is 8.02. The summed E-state index contributed by atoms with van der Waals surface area (Å²) in [5, 5.41) is 9.67. The molecular weight excluding hydrogens is 536 g/mol. The third-order valence-corrected chi connectivity index (χ3v) is 10.1. The molecule has 0 rings (SSSR count). The second-order valence-corrected chi connectivity index (χ2v) is 14.4. The Hall–Kier alpha value is -0.120. The van der Waals surface area contributed by atoms with E-state index in [0.717, 1.165) is 19.4 Å². The Morgan fingerprint density at radius 3 is 0.864 bits per heavy atom. The van der Waals surface area contributed by atoms with E-state index in [0.29, 0.717) is 12.6 Å². The molecule has 0 radical (unpaired) electrons. The summed E-state index contributed by atoms with van der Waals surface area (Å²) in [6, 6.07) is 0.470. The smallest absolute Gasteiger partial charge is 0.0445 e. The fourth-order valence-electron chi connectivity index (χ4n) is 7.05. The van der Waals surface area contributed by atoms with Crippen molar-refractivity contribution in [3.63, 3.8) is 0 Å². The number of unbranched alkanes of at least 4 members (excludes halogenated alkanes) is 30. The number of nitrogens with two attached hydrogens (primary N) is 1. The molecule has 3 heteroatoms. The van der Waals surface area contributed by atoms with Crippen LogP contribution in [0.4, 0.5) is 0 Å². The second-order valence-electron chi connectivity index (χ2n) is 14.4. The van der Waals surface area contributed by atoms with Gasteiger partial charge in [-0.05, 0) is 45.3 Å². The minimum atomic E-state index is 0.291. The highest BCUT2D eigenvalue weighted by atomic mass is 16.3. The van der Waals surface area contributed by atoms with Crippen LogP contribution in [0.5, 0.6) is 0 Å².